The van der Waals surface area contributed by atoms with E-state index in [1.807, 2.05) is 0 Å². The molecule has 16 heavy (non-hydrogen) atoms. The first-order valence-corrected chi connectivity index (χ1v) is 6.68. The molecule has 1 aromatic carbocycles. The molecule has 0 amide bonds. The van der Waals surface area contributed by atoms with E-state index in [1.54, 1.807) is 11.1 Å². The maximum Gasteiger partial charge on any atom is 0.0736 e. The van der Waals surface area contributed by atoms with Crippen molar-refractivity contribution >= 4 is 11.6 Å². The molecule has 1 aromatic rings. The largest absolute Gasteiger partial charge is 0.293 e. The Hall–Kier alpha value is -0.530. The van der Waals surface area contributed by atoms with Gasteiger partial charge in [-0.1, -0.05) is 18.2 Å². The lowest BCUT2D eigenvalue weighted by Crippen LogP contribution is -2.19. The lowest BCUT2D eigenvalue weighted by molar-refractivity contribution is 0.394. The van der Waals surface area contributed by atoms with E-state index in [9.17, 15) is 0 Å². The summed E-state index contributed by atoms with van der Waals surface area (Å²) in [6.07, 6.45) is 6.38. The van der Waals surface area contributed by atoms with Gasteiger partial charge < -0.3 is 0 Å². The Morgan fingerprint density at radius 3 is 2.69 bits per heavy atom. The van der Waals surface area contributed by atoms with Crippen molar-refractivity contribution in [3.63, 3.8) is 0 Å². The molecule has 0 radical (unpaired) electrons. The summed E-state index contributed by atoms with van der Waals surface area (Å²) in [5.41, 5.74) is 4.61. The quantitative estimate of drug-likeness (QED) is 0.574. The smallest absolute Gasteiger partial charge is 0.0736 e. The fraction of sp³-hybridized carbons (Fsp3) is 0.571. The van der Waals surface area contributed by atoms with Crippen LogP contribution in [0.3, 0.4) is 0 Å². The lowest BCUT2D eigenvalue weighted by atomic mass is 9.90. The molecule has 1 aliphatic carbocycles. The maximum atomic E-state index is 5.76. The number of nitrogens with zero attached hydrogens (tertiary/aromatic N) is 1. The number of hydrogen-bond acceptors (Lipinski definition) is 1. The van der Waals surface area contributed by atoms with Gasteiger partial charge >= 0.3 is 0 Å². The zero-order valence-corrected chi connectivity index (χ0v) is 10.8. The minimum absolute atomic E-state index is 0.616. The molecule has 0 saturated carbocycles. The van der Waals surface area contributed by atoms with E-state index in [0.29, 0.717) is 6.00 Å². The Morgan fingerprint density at radius 2 is 1.94 bits per heavy atom. The number of hydrogen-bond donors (Lipinski definition) is 0. The SMILES string of the molecule is CN(CCl)CCc1ccc2c(c1)CCCC2. The minimum Gasteiger partial charge on any atom is -0.293 e. The number of aryl methyl sites for hydroxylation is 2. The van der Waals surface area contributed by atoms with E-state index < -0.39 is 0 Å². The molecule has 0 fully saturated rings. The van der Waals surface area contributed by atoms with Crippen molar-refractivity contribution in [2.24, 2.45) is 0 Å². The van der Waals surface area contributed by atoms with Crippen molar-refractivity contribution < 1.29 is 0 Å². The third-order valence-electron chi connectivity index (χ3n) is 3.40. The van der Waals surface area contributed by atoms with Crippen LogP contribution in [0.4, 0.5) is 0 Å². The van der Waals surface area contributed by atoms with E-state index in [4.69, 9.17) is 11.6 Å². The molecule has 0 aromatic heterocycles. The van der Waals surface area contributed by atoms with Crippen molar-refractivity contribution in [3.05, 3.63) is 34.9 Å². The molecule has 2 rings (SSSR count). The van der Waals surface area contributed by atoms with Gasteiger partial charge in [0.2, 0.25) is 0 Å². The third kappa shape index (κ3) is 2.99. The fourth-order valence-corrected chi connectivity index (χ4v) is 2.44. The topological polar surface area (TPSA) is 3.24 Å². The molecular weight excluding hydrogens is 218 g/mol. The Labute approximate surface area is 103 Å². The van der Waals surface area contributed by atoms with E-state index in [1.165, 1.54) is 31.2 Å². The number of rotatable bonds is 4. The average molecular weight is 238 g/mol. The van der Waals surface area contributed by atoms with Gasteiger partial charge in [0.15, 0.2) is 0 Å². The van der Waals surface area contributed by atoms with E-state index in [0.717, 1.165) is 13.0 Å². The number of likely N-dealkylation sites (N-methyl/N-ethyl adjacent to an activating group) is 1. The molecule has 0 aliphatic heterocycles. The molecule has 0 N–H and O–H groups in total. The summed E-state index contributed by atoms with van der Waals surface area (Å²) in [5.74, 6) is 0. The van der Waals surface area contributed by atoms with Crippen LogP contribution in [0, 0.1) is 0 Å². The van der Waals surface area contributed by atoms with Crippen LogP contribution >= 0.6 is 11.6 Å². The van der Waals surface area contributed by atoms with Gasteiger partial charge in [0, 0.05) is 6.54 Å². The normalized spacial score (nSPS) is 15.2. The number of alkyl halides is 1. The Kier molecular flexibility index (Phi) is 4.25. The second kappa shape index (κ2) is 5.70. The molecule has 0 unspecified atom stereocenters. The highest BCUT2D eigenvalue weighted by Crippen LogP contribution is 2.22. The van der Waals surface area contributed by atoms with Gasteiger partial charge in [-0.15, -0.1) is 11.6 Å². The van der Waals surface area contributed by atoms with Gasteiger partial charge in [0.05, 0.1) is 6.00 Å². The molecule has 1 nitrogen and oxygen atoms in total. The van der Waals surface area contributed by atoms with Crippen LogP contribution in [0.25, 0.3) is 0 Å². The lowest BCUT2D eigenvalue weighted by Gasteiger charge is -2.17. The van der Waals surface area contributed by atoms with Gasteiger partial charge in [-0.05, 0) is 55.8 Å². The van der Waals surface area contributed by atoms with E-state index in [2.05, 4.69) is 30.1 Å². The molecule has 0 bridgehead atoms. The summed E-state index contributed by atoms with van der Waals surface area (Å²) < 4.78 is 0. The van der Waals surface area contributed by atoms with Crippen LogP contribution in [0.15, 0.2) is 18.2 Å². The van der Waals surface area contributed by atoms with Crippen LogP contribution in [0.1, 0.15) is 29.5 Å². The van der Waals surface area contributed by atoms with Crippen molar-refractivity contribution in [1.82, 2.24) is 4.90 Å². The van der Waals surface area contributed by atoms with Crippen LogP contribution < -0.4 is 0 Å². The summed E-state index contributed by atoms with van der Waals surface area (Å²) in [5, 5.41) is 0. The summed E-state index contributed by atoms with van der Waals surface area (Å²) in [6.45, 7) is 1.04. The highest BCUT2D eigenvalue weighted by atomic mass is 35.5. The summed E-state index contributed by atoms with van der Waals surface area (Å²) in [7, 11) is 2.06. The van der Waals surface area contributed by atoms with Crippen LogP contribution in [0.5, 0.6) is 0 Å². The van der Waals surface area contributed by atoms with E-state index >= 15 is 0 Å². The van der Waals surface area contributed by atoms with Crippen LogP contribution in [-0.2, 0) is 19.3 Å². The van der Waals surface area contributed by atoms with Gasteiger partial charge in [-0.3, -0.25) is 4.90 Å². The Balaban J connectivity index is 2.00. The summed E-state index contributed by atoms with van der Waals surface area (Å²) in [4.78, 5) is 2.14. The fourth-order valence-electron chi connectivity index (χ4n) is 2.32. The van der Waals surface area contributed by atoms with Gasteiger partial charge in [0.1, 0.15) is 0 Å². The third-order valence-corrected chi connectivity index (χ3v) is 3.81. The molecule has 0 saturated heterocycles. The second-order valence-electron chi connectivity index (χ2n) is 4.76. The van der Waals surface area contributed by atoms with Crippen molar-refractivity contribution in [3.8, 4) is 0 Å². The first kappa shape index (κ1) is 11.9. The highest BCUT2D eigenvalue weighted by molar-refractivity contribution is 6.17. The molecular formula is C14H20ClN. The van der Waals surface area contributed by atoms with Crippen LogP contribution in [-0.4, -0.2) is 24.5 Å². The monoisotopic (exact) mass is 237 g/mol. The molecule has 0 heterocycles. The molecule has 0 spiro atoms. The van der Waals surface area contributed by atoms with E-state index in [-0.39, 0.29) is 0 Å². The second-order valence-corrected chi connectivity index (χ2v) is 5.00. The minimum atomic E-state index is 0.616. The zero-order chi connectivity index (χ0) is 11.4. The highest BCUT2D eigenvalue weighted by Gasteiger charge is 2.09. The Morgan fingerprint density at radius 1 is 1.19 bits per heavy atom. The number of halogens is 1. The first-order valence-electron chi connectivity index (χ1n) is 6.15. The number of fused-ring (bicyclic) bond motifs is 1. The van der Waals surface area contributed by atoms with Gasteiger partial charge in [-0.2, -0.15) is 0 Å². The maximum absolute atomic E-state index is 5.76. The molecule has 88 valence electrons. The summed E-state index contributed by atoms with van der Waals surface area (Å²) >= 11 is 5.76. The van der Waals surface area contributed by atoms with Gasteiger partial charge in [0.25, 0.3) is 0 Å². The van der Waals surface area contributed by atoms with Crippen molar-refractivity contribution in [1.29, 1.82) is 0 Å². The van der Waals surface area contributed by atoms with Crippen LogP contribution in [0.2, 0.25) is 0 Å². The standard InChI is InChI=1S/C14H20ClN/c1-16(11-15)9-8-12-6-7-13-4-2-3-5-14(13)10-12/h6-7,10H,2-5,8-9,11H2,1H3. The zero-order valence-electron chi connectivity index (χ0n) is 10.0. The molecule has 1 aliphatic rings. The van der Waals surface area contributed by atoms with Crippen molar-refractivity contribution in [2.75, 3.05) is 19.6 Å². The molecule has 0 atom stereocenters. The average Bonchev–Trinajstić information content (AvgIpc) is 2.35. The molecule has 2 heteroatoms. The predicted octanol–water partition coefficient (Wildman–Crippen LogP) is 3.24. The first-order chi connectivity index (χ1) is 7.79. The summed E-state index contributed by atoms with van der Waals surface area (Å²) in [6, 6.07) is 7.62. The van der Waals surface area contributed by atoms with Gasteiger partial charge in [-0.25, -0.2) is 0 Å². The van der Waals surface area contributed by atoms with Crippen molar-refractivity contribution in [2.45, 2.75) is 32.1 Å². The predicted molar refractivity (Wildman–Crippen MR) is 70.1 cm³/mol. The Bertz CT molecular complexity index is 349. The number of benzene rings is 1.